The minimum Gasteiger partial charge on any atom is -0.481 e. The third-order valence-corrected chi connectivity index (χ3v) is 4.46. The molecule has 0 aliphatic carbocycles. The summed E-state index contributed by atoms with van der Waals surface area (Å²) in [7, 11) is 0. The molecule has 0 fully saturated rings. The van der Waals surface area contributed by atoms with Gasteiger partial charge in [0.15, 0.2) is 6.10 Å². The first-order valence-electron chi connectivity index (χ1n) is 8.62. The molecular weight excluding hydrogens is 317 g/mol. The van der Waals surface area contributed by atoms with E-state index in [9.17, 15) is 9.18 Å². The van der Waals surface area contributed by atoms with Gasteiger partial charge < -0.3 is 10.1 Å². The van der Waals surface area contributed by atoms with E-state index in [-0.39, 0.29) is 17.8 Å². The Morgan fingerprint density at radius 1 is 1.08 bits per heavy atom. The van der Waals surface area contributed by atoms with Crippen LogP contribution in [0.2, 0.25) is 0 Å². The largest absolute Gasteiger partial charge is 0.481 e. The Balaban J connectivity index is 2.08. The van der Waals surface area contributed by atoms with Gasteiger partial charge in [-0.2, -0.15) is 0 Å². The number of aryl methyl sites for hydroxylation is 3. The zero-order valence-corrected chi connectivity index (χ0v) is 15.5. The van der Waals surface area contributed by atoms with Crippen molar-refractivity contribution in [3.63, 3.8) is 0 Å². The van der Waals surface area contributed by atoms with Crippen LogP contribution in [0, 0.1) is 26.6 Å². The monoisotopic (exact) mass is 343 g/mol. The standard InChI is InChI=1S/C21H26FNO2/c1-6-20(25-18-9-7-17(22)8-10-18)21(24)23-16(5)19-12-14(3)13(2)11-15(19)4/h7-12,16,20H,6H2,1-5H3,(H,23,24)/t16-,20+/m0/s1. The van der Waals surface area contributed by atoms with Crippen molar-refractivity contribution in [2.45, 2.75) is 53.2 Å². The SMILES string of the molecule is CC[C@@H](Oc1ccc(F)cc1)C(=O)N[C@@H](C)c1cc(C)c(C)cc1C. The van der Waals surface area contributed by atoms with Crippen molar-refractivity contribution < 1.29 is 13.9 Å². The molecule has 1 amide bonds. The lowest BCUT2D eigenvalue weighted by atomic mass is 9.96. The number of ether oxygens (including phenoxy) is 1. The molecule has 0 unspecified atom stereocenters. The normalized spacial score (nSPS) is 13.2. The average molecular weight is 343 g/mol. The molecule has 2 aromatic carbocycles. The molecule has 134 valence electrons. The maximum atomic E-state index is 13.0. The van der Waals surface area contributed by atoms with E-state index in [0.29, 0.717) is 12.2 Å². The molecule has 0 bridgehead atoms. The van der Waals surface area contributed by atoms with Gasteiger partial charge in [0.05, 0.1) is 6.04 Å². The Bertz CT molecular complexity index is 740. The van der Waals surface area contributed by atoms with Crippen molar-refractivity contribution >= 4 is 5.91 Å². The first-order valence-corrected chi connectivity index (χ1v) is 8.62. The van der Waals surface area contributed by atoms with Crippen LogP contribution < -0.4 is 10.1 Å². The lowest BCUT2D eigenvalue weighted by Crippen LogP contribution is -2.39. The van der Waals surface area contributed by atoms with Gasteiger partial charge >= 0.3 is 0 Å². The van der Waals surface area contributed by atoms with E-state index >= 15 is 0 Å². The van der Waals surface area contributed by atoms with Crippen LogP contribution in [0.1, 0.15) is 48.6 Å². The molecule has 2 rings (SSSR count). The number of rotatable bonds is 6. The highest BCUT2D eigenvalue weighted by Crippen LogP contribution is 2.22. The van der Waals surface area contributed by atoms with E-state index < -0.39 is 6.10 Å². The number of nitrogens with one attached hydrogen (secondary N) is 1. The van der Waals surface area contributed by atoms with Gasteiger partial charge in [0.2, 0.25) is 0 Å². The minimum atomic E-state index is -0.611. The van der Waals surface area contributed by atoms with Crippen molar-refractivity contribution in [2.24, 2.45) is 0 Å². The van der Waals surface area contributed by atoms with Crippen LogP contribution in [-0.4, -0.2) is 12.0 Å². The van der Waals surface area contributed by atoms with E-state index in [1.807, 2.05) is 13.8 Å². The van der Waals surface area contributed by atoms with Crippen LogP contribution in [0.5, 0.6) is 5.75 Å². The van der Waals surface area contributed by atoms with E-state index in [1.165, 1.54) is 35.4 Å². The van der Waals surface area contributed by atoms with Gasteiger partial charge in [-0.25, -0.2) is 4.39 Å². The number of benzene rings is 2. The summed E-state index contributed by atoms with van der Waals surface area (Å²) in [6.45, 7) is 10.1. The Morgan fingerprint density at radius 3 is 2.28 bits per heavy atom. The van der Waals surface area contributed by atoms with Crippen LogP contribution in [0.3, 0.4) is 0 Å². The molecule has 0 aliphatic heterocycles. The van der Waals surface area contributed by atoms with Crippen molar-refractivity contribution in [3.05, 3.63) is 64.5 Å². The Morgan fingerprint density at radius 2 is 1.68 bits per heavy atom. The number of halogens is 1. The Hall–Kier alpha value is -2.36. The quantitative estimate of drug-likeness (QED) is 0.819. The van der Waals surface area contributed by atoms with E-state index in [0.717, 1.165) is 11.1 Å². The lowest BCUT2D eigenvalue weighted by Gasteiger charge is -2.22. The van der Waals surface area contributed by atoms with Gasteiger partial charge in [-0.15, -0.1) is 0 Å². The molecule has 0 heterocycles. The number of hydrogen-bond donors (Lipinski definition) is 1. The molecule has 2 aromatic rings. The third-order valence-electron chi connectivity index (χ3n) is 4.46. The first kappa shape index (κ1) is 19.0. The van der Waals surface area contributed by atoms with Crippen molar-refractivity contribution in [3.8, 4) is 5.75 Å². The van der Waals surface area contributed by atoms with Crippen LogP contribution >= 0.6 is 0 Å². The average Bonchev–Trinajstić information content (AvgIpc) is 2.57. The van der Waals surface area contributed by atoms with Crippen molar-refractivity contribution in [2.75, 3.05) is 0 Å². The Labute approximate surface area is 149 Å². The van der Waals surface area contributed by atoms with Crippen LogP contribution in [0.4, 0.5) is 4.39 Å². The molecule has 0 saturated heterocycles. The van der Waals surface area contributed by atoms with Crippen LogP contribution in [0.15, 0.2) is 36.4 Å². The molecular formula is C21H26FNO2. The summed E-state index contributed by atoms with van der Waals surface area (Å²) in [6.07, 6.45) is -0.0817. The van der Waals surface area contributed by atoms with Crippen LogP contribution in [0.25, 0.3) is 0 Å². The number of hydrogen-bond acceptors (Lipinski definition) is 2. The van der Waals surface area contributed by atoms with Gasteiger partial charge in [-0.3, -0.25) is 4.79 Å². The maximum Gasteiger partial charge on any atom is 0.261 e. The zero-order valence-electron chi connectivity index (χ0n) is 15.5. The second kappa shape index (κ2) is 8.15. The molecule has 1 N–H and O–H groups in total. The van der Waals surface area contributed by atoms with Gasteiger partial charge in [0.1, 0.15) is 11.6 Å². The second-order valence-corrected chi connectivity index (χ2v) is 6.49. The van der Waals surface area contributed by atoms with Crippen molar-refractivity contribution in [1.29, 1.82) is 0 Å². The smallest absolute Gasteiger partial charge is 0.261 e. The molecule has 25 heavy (non-hydrogen) atoms. The van der Waals surface area contributed by atoms with E-state index in [1.54, 1.807) is 0 Å². The third kappa shape index (κ3) is 4.81. The van der Waals surface area contributed by atoms with Crippen molar-refractivity contribution in [1.82, 2.24) is 5.32 Å². The molecule has 0 saturated carbocycles. The summed E-state index contributed by atoms with van der Waals surface area (Å²) >= 11 is 0. The molecule has 2 atom stereocenters. The summed E-state index contributed by atoms with van der Waals surface area (Å²) in [4.78, 5) is 12.6. The number of carbonyl (C=O) groups is 1. The molecule has 3 nitrogen and oxygen atoms in total. The van der Waals surface area contributed by atoms with Gasteiger partial charge in [-0.1, -0.05) is 19.1 Å². The highest BCUT2D eigenvalue weighted by Gasteiger charge is 2.21. The molecule has 0 aliphatic rings. The summed E-state index contributed by atoms with van der Waals surface area (Å²) in [6, 6.07) is 9.85. The summed E-state index contributed by atoms with van der Waals surface area (Å²) < 4.78 is 18.7. The summed E-state index contributed by atoms with van der Waals surface area (Å²) in [5, 5.41) is 3.03. The highest BCUT2D eigenvalue weighted by atomic mass is 19.1. The van der Waals surface area contributed by atoms with E-state index in [2.05, 4.69) is 38.2 Å². The summed E-state index contributed by atoms with van der Waals surface area (Å²) in [5.41, 5.74) is 4.71. The molecule has 0 spiro atoms. The predicted octanol–water partition coefficient (Wildman–Crippen LogP) is 4.79. The fourth-order valence-electron chi connectivity index (χ4n) is 2.83. The minimum absolute atomic E-state index is 0.113. The van der Waals surface area contributed by atoms with Gasteiger partial charge in [-0.05, 0) is 80.6 Å². The second-order valence-electron chi connectivity index (χ2n) is 6.49. The maximum absolute atomic E-state index is 13.0. The molecule has 0 radical (unpaired) electrons. The van der Waals surface area contributed by atoms with E-state index in [4.69, 9.17) is 4.74 Å². The van der Waals surface area contributed by atoms with Crippen LogP contribution in [-0.2, 0) is 4.79 Å². The number of carbonyl (C=O) groups excluding carboxylic acids is 1. The zero-order chi connectivity index (χ0) is 18.6. The lowest BCUT2D eigenvalue weighted by molar-refractivity contribution is -0.128. The van der Waals surface area contributed by atoms with Gasteiger partial charge in [0, 0.05) is 0 Å². The Kier molecular flexibility index (Phi) is 6.18. The molecule has 4 heteroatoms. The fourth-order valence-corrected chi connectivity index (χ4v) is 2.83. The molecule has 0 aromatic heterocycles. The fraction of sp³-hybridized carbons (Fsp3) is 0.381. The van der Waals surface area contributed by atoms with Gasteiger partial charge in [0.25, 0.3) is 5.91 Å². The predicted molar refractivity (Wildman–Crippen MR) is 98.3 cm³/mol. The topological polar surface area (TPSA) is 38.3 Å². The summed E-state index contributed by atoms with van der Waals surface area (Å²) in [5.74, 6) is -0.0148. The highest BCUT2D eigenvalue weighted by molar-refractivity contribution is 5.81. The first-order chi connectivity index (χ1) is 11.8. The number of amides is 1.